The molecule has 0 bridgehead atoms. The van der Waals surface area contributed by atoms with E-state index >= 15 is 0 Å². The zero-order valence-electron chi connectivity index (χ0n) is 28.5. The molecule has 4 N–H and O–H groups in total. The third kappa shape index (κ3) is 28.6. The molecule has 7 nitrogen and oxygen atoms in total. The third-order valence-electron chi connectivity index (χ3n) is 8.00. The van der Waals surface area contributed by atoms with Gasteiger partial charge in [-0.25, -0.2) is 4.79 Å². The first-order valence-corrected chi connectivity index (χ1v) is 18.2. The smallest absolute Gasteiger partial charge is 0.326 e. The van der Waals surface area contributed by atoms with Crippen LogP contribution in [0.2, 0.25) is 0 Å². The molecule has 0 aromatic heterocycles. The van der Waals surface area contributed by atoms with E-state index in [4.69, 9.17) is 10.5 Å². The number of carboxylic acids is 1. The highest BCUT2D eigenvalue weighted by molar-refractivity contribution is 5.83. The molecule has 44 heavy (non-hydrogen) atoms. The Kier molecular flexibility index (Phi) is 30.7. The minimum Gasteiger partial charge on any atom is -0.480 e. The number of esters is 1. The van der Waals surface area contributed by atoms with Gasteiger partial charge in [-0.3, -0.25) is 9.59 Å². The second-order valence-corrected chi connectivity index (χ2v) is 12.3. The number of carbonyl (C=O) groups excluding carboxylic acids is 2. The van der Waals surface area contributed by atoms with E-state index < -0.39 is 12.0 Å². The topological polar surface area (TPSA) is 119 Å². The van der Waals surface area contributed by atoms with Gasteiger partial charge in [0.15, 0.2) is 0 Å². The average molecular weight is 621 g/mol. The summed E-state index contributed by atoms with van der Waals surface area (Å²) in [6, 6.07) is -0.853. The molecule has 0 saturated heterocycles. The zero-order chi connectivity index (χ0) is 32.5. The van der Waals surface area contributed by atoms with Crippen LogP contribution in [0.4, 0.5) is 0 Å². The summed E-state index contributed by atoms with van der Waals surface area (Å²) in [7, 11) is 0. The molecule has 0 fully saturated rings. The molecule has 0 aliphatic heterocycles. The second kappa shape index (κ2) is 32.2. The van der Waals surface area contributed by atoms with E-state index in [1.54, 1.807) is 0 Å². The standard InChI is InChI=1S/C37H68N2O5/c1-3-5-7-9-11-13-14-18-22-27-33(44-36(41)31-25-21-15-12-10-8-6-4-2)28-23-19-16-17-20-24-30-35(40)39-34(37(42)43)29-26-32-38/h13-14,22,27,33-34H,3-12,15-21,23-26,28-32,38H2,1-2H3,(H,39,40)(H,42,43)/b14-13-,27-22-. The maximum absolute atomic E-state index is 12.6. The highest BCUT2D eigenvalue weighted by Crippen LogP contribution is 2.15. The number of nitrogens with one attached hydrogen (secondary N) is 1. The lowest BCUT2D eigenvalue weighted by molar-refractivity contribution is -0.147. The van der Waals surface area contributed by atoms with Crippen molar-refractivity contribution in [1.82, 2.24) is 5.32 Å². The summed E-state index contributed by atoms with van der Waals surface area (Å²) in [6.07, 6.45) is 33.8. The van der Waals surface area contributed by atoms with Crippen molar-refractivity contribution in [2.45, 2.75) is 187 Å². The Bertz CT molecular complexity index is 752. The maximum Gasteiger partial charge on any atom is 0.326 e. The molecule has 0 spiro atoms. The van der Waals surface area contributed by atoms with E-state index in [-0.39, 0.29) is 18.0 Å². The molecule has 1 amide bonds. The molecule has 0 heterocycles. The SMILES string of the molecule is CCCCCC/C=C\C/C=C\C(CCCCCCCCC(=O)NC(CCCN)C(=O)O)OC(=O)CCCCCCCCCC. The van der Waals surface area contributed by atoms with Crippen molar-refractivity contribution in [1.29, 1.82) is 0 Å². The quantitative estimate of drug-likeness (QED) is 0.0392. The van der Waals surface area contributed by atoms with Gasteiger partial charge in [0.2, 0.25) is 5.91 Å². The molecule has 0 aliphatic rings. The van der Waals surface area contributed by atoms with Crippen LogP contribution in [0.15, 0.2) is 24.3 Å². The number of hydrogen-bond donors (Lipinski definition) is 3. The summed E-state index contributed by atoms with van der Waals surface area (Å²) in [5.74, 6) is -1.29. The van der Waals surface area contributed by atoms with Crippen molar-refractivity contribution in [2.24, 2.45) is 5.73 Å². The fourth-order valence-corrected chi connectivity index (χ4v) is 5.22. The van der Waals surface area contributed by atoms with Gasteiger partial charge in [0.25, 0.3) is 0 Å². The summed E-state index contributed by atoms with van der Waals surface area (Å²) in [6.45, 7) is 4.88. The number of amides is 1. The maximum atomic E-state index is 12.6. The molecular formula is C37H68N2O5. The third-order valence-corrected chi connectivity index (χ3v) is 8.00. The Hall–Kier alpha value is -2.15. The molecule has 0 aliphatic carbocycles. The number of unbranched alkanes of at least 4 members (excludes halogenated alkanes) is 16. The average Bonchev–Trinajstić information content (AvgIpc) is 3.00. The fourth-order valence-electron chi connectivity index (χ4n) is 5.22. The molecule has 0 aromatic rings. The lowest BCUT2D eigenvalue weighted by atomic mass is 10.0. The normalized spacial score (nSPS) is 13.0. The Balaban J connectivity index is 4.36. The molecule has 0 radical (unpaired) electrons. The fraction of sp³-hybridized carbons (Fsp3) is 0.811. The van der Waals surface area contributed by atoms with Crippen LogP contribution in [-0.2, 0) is 19.1 Å². The van der Waals surface area contributed by atoms with E-state index in [9.17, 15) is 19.5 Å². The van der Waals surface area contributed by atoms with Crippen LogP contribution < -0.4 is 11.1 Å². The van der Waals surface area contributed by atoms with Crippen LogP contribution >= 0.6 is 0 Å². The van der Waals surface area contributed by atoms with Crippen LogP contribution in [0.25, 0.3) is 0 Å². The lowest BCUT2D eigenvalue weighted by Crippen LogP contribution is -2.40. The van der Waals surface area contributed by atoms with E-state index in [1.165, 1.54) is 64.2 Å². The van der Waals surface area contributed by atoms with Crippen LogP contribution in [0.5, 0.6) is 0 Å². The van der Waals surface area contributed by atoms with Crippen molar-refractivity contribution in [3.05, 3.63) is 24.3 Å². The molecule has 2 atom stereocenters. The van der Waals surface area contributed by atoms with Crippen LogP contribution in [0.1, 0.15) is 174 Å². The van der Waals surface area contributed by atoms with E-state index in [0.717, 1.165) is 70.6 Å². The van der Waals surface area contributed by atoms with Gasteiger partial charge in [-0.2, -0.15) is 0 Å². The van der Waals surface area contributed by atoms with Gasteiger partial charge in [-0.05, 0) is 70.4 Å². The number of carbonyl (C=O) groups is 3. The predicted molar refractivity (Wildman–Crippen MR) is 184 cm³/mol. The Morgan fingerprint density at radius 3 is 1.86 bits per heavy atom. The number of hydrogen-bond acceptors (Lipinski definition) is 5. The van der Waals surface area contributed by atoms with Crippen LogP contribution in [0, 0.1) is 0 Å². The molecule has 7 heteroatoms. The minimum absolute atomic E-state index is 0.0801. The van der Waals surface area contributed by atoms with Gasteiger partial charge in [0, 0.05) is 12.8 Å². The lowest BCUT2D eigenvalue weighted by Gasteiger charge is -2.15. The first kappa shape index (κ1) is 41.9. The molecule has 256 valence electrons. The van der Waals surface area contributed by atoms with Crippen molar-refractivity contribution in [3.63, 3.8) is 0 Å². The second-order valence-electron chi connectivity index (χ2n) is 12.3. The molecule has 2 unspecified atom stereocenters. The van der Waals surface area contributed by atoms with Crippen molar-refractivity contribution < 1.29 is 24.2 Å². The van der Waals surface area contributed by atoms with Gasteiger partial charge >= 0.3 is 11.9 Å². The predicted octanol–water partition coefficient (Wildman–Crippen LogP) is 9.33. The van der Waals surface area contributed by atoms with E-state index in [1.807, 2.05) is 0 Å². The Morgan fingerprint density at radius 2 is 1.25 bits per heavy atom. The first-order valence-electron chi connectivity index (χ1n) is 18.2. The largest absolute Gasteiger partial charge is 0.480 e. The molecule has 0 aromatic carbocycles. The molecular weight excluding hydrogens is 552 g/mol. The van der Waals surface area contributed by atoms with Gasteiger partial charge in [-0.1, -0.05) is 122 Å². The van der Waals surface area contributed by atoms with Gasteiger partial charge in [0.05, 0.1) is 0 Å². The summed E-state index contributed by atoms with van der Waals surface area (Å²) < 4.78 is 5.88. The molecule has 0 saturated carbocycles. The highest BCUT2D eigenvalue weighted by atomic mass is 16.5. The monoisotopic (exact) mass is 621 g/mol. The van der Waals surface area contributed by atoms with Gasteiger partial charge in [-0.15, -0.1) is 0 Å². The number of ether oxygens (including phenoxy) is 1. The zero-order valence-corrected chi connectivity index (χ0v) is 28.5. The minimum atomic E-state index is -1.01. The number of rotatable bonds is 32. The first-order chi connectivity index (χ1) is 21.4. The number of nitrogens with two attached hydrogens (primary N) is 1. The summed E-state index contributed by atoms with van der Waals surface area (Å²) in [5, 5.41) is 11.9. The summed E-state index contributed by atoms with van der Waals surface area (Å²) in [4.78, 5) is 36.0. The summed E-state index contributed by atoms with van der Waals surface area (Å²) in [5.41, 5.74) is 5.45. The highest BCUT2D eigenvalue weighted by Gasteiger charge is 2.18. The van der Waals surface area contributed by atoms with Crippen LogP contribution in [-0.4, -0.2) is 41.6 Å². The van der Waals surface area contributed by atoms with Crippen LogP contribution in [0.3, 0.4) is 0 Å². The Morgan fingerprint density at radius 1 is 0.682 bits per heavy atom. The van der Waals surface area contributed by atoms with Crippen molar-refractivity contribution in [2.75, 3.05) is 6.54 Å². The van der Waals surface area contributed by atoms with E-state index in [0.29, 0.717) is 32.2 Å². The number of allylic oxidation sites excluding steroid dienone is 3. The number of aliphatic carboxylic acids is 1. The number of carboxylic acid groups (broad SMARTS) is 1. The van der Waals surface area contributed by atoms with E-state index in [2.05, 4.69) is 43.5 Å². The van der Waals surface area contributed by atoms with Gasteiger partial charge in [0.1, 0.15) is 12.1 Å². The summed E-state index contributed by atoms with van der Waals surface area (Å²) >= 11 is 0. The van der Waals surface area contributed by atoms with Crippen molar-refractivity contribution in [3.8, 4) is 0 Å². The molecule has 0 rings (SSSR count). The van der Waals surface area contributed by atoms with Gasteiger partial charge < -0.3 is 20.9 Å². The van der Waals surface area contributed by atoms with Crippen molar-refractivity contribution >= 4 is 17.8 Å². The Labute approximate surface area is 270 Å².